The Labute approximate surface area is 137 Å². The second kappa shape index (κ2) is 5.58. The van der Waals surface area contributed by atoms with E-state index in [1.165, 1.54) is 6.10 Å². The van der Waals surface area contributed by atoms with Crippen LogP contribution in [-0.4, -0.2) is 29.6 Å². The molecule has 0 atom stereocenters. The highest BCUT2D eigenvalue weighted by atomic mass is 29.9. The molecule has 0 fully saturated rings. The summed E-state index contributed by atoms with van der Waals surface area (Å²) in [5.41, 5.74) is 0.286. The van der Waals surface area contributed by atoms with Crippen LogP contribution in [0.2, 0.25) is 58.9 Å². The summed E-state index contributed by atoms with van der Waals surface area (Å²) in [6, 6.07) is 0. The molecule has 0 saturated carbocycles. The van der Waals surface area contributed by atoms with Gasteiger partial charge >= 0.3 is 0 Å². The molecule has 0 unspecified atom stereocenters. The monoisotopic (exact) mass is 357 g/mol. The number of hydrogen-bond donors (Lipinski definition) is 0. The lowest BCUT2D eigenvalue weighted by Crippen LogP contribution is -2.84. The standard InChI is InChI=1S/C16H37OSi4/c1-16(2)13-12-15(14-16)17-21(18(3,4)5,19(6,7)8)20(9,10)11/h12-13H,14H2,1-11H3. The third-order valence-corrected chi connectivity index (χ3v) is 72.1. The summed E-state index contributed by atoms with van der Waals surface area (Å²) in [5.74, 6) is 0. The van der Waals surface area contributed by atoms with Crippen molar-refractivity contribution in [3.8, 4) is 0 Å². The first kappa shape index (κ1) is 19.6. The van der Waals surface area contributed by atoms with E-state index in [0.717, 1.165) is 6.42 Å². The van der Waals surface area contributed by atoms with Crippen molar-refractivity contribution in [2.45, 2.75) is 79.2 Å². The zero-order chi connectivity index (χ0) is 16.9. The van der Waals surface area contributed by atoms with Crippen molar-refractivity contribution >= 4 is 29.6 Å². The number of hydrogen-bond acceptors (Lipinski definition) is 1. The largest absolute Gasteiger partial charge is 0.414 e. The molecule has 0 saturated heterocycles. The number of rotatable bonds is 5. The fourth-order valence-corrected chi connectivity index (χ4v) is 98.1. The molecule has 0 bridgehead atoms. The Balaban J connectivity index is 3.30. The number of allylic oxidation sites excluding steroid dienone is 1. The van der Waals surface area contributed by atoms with Gasteiger partial charge in [-0.3, -0.25) is 0 Å². The van der Waals surface area contributed by atoms with Crippen LogP contribution in [0, 0.1) is 11.5 Å². The lowest BCUT2D eigenvalue weighted by atomic mass is 9.93. The van der Waals surface area contributed by atoms with E-state index in [2.05, 4.69) is 84.9 Å². The summed E-state index contributed by atoms with van der Waals surface area (Å²) in [6.45, 7) is 26.2. The quantitative estimate of drug-likeness (QED) is 0.572. The van der Waals surface area contributed by atoms with Gasteiger partial charge in [0.1, 0.15) is 6.10 Å². The Hall–Kier alpha value is 0.568. The summed E-state index contributed by atoms with van der Waals surface area (Å²) in [7, 11) is -4.01. The summed E-state index contributed by atoms with van der Waals surface area (Å²) >= 11 is 0. The van der Waals surface area contributed by atoms with Gasteiger partial charge in [-0.05, 0) is 11.8 Å². The van der Waals surface area contributed by atoms with Crippen LogP contribution < -0.4 is 0 Å². The normalized spacial score (nSPS) is 21.1. The first-order valence-corrected chi connectivity index (χ1v) is 23.7. The van der Waals surface area contributed by atoms with Gasteiger partial charge in [0.2, 0.25) is 0 Å². The summed E-state index contributed by atoms with van der Waals surface area (Å²) in [5, 5.41) is 0. The van der Waals surface area contributed by atoms with Crippen LogP contribution in [0.15, 0.2) is 12.2 Å². The zero-order valence-electron chi connectivity index (χ0n) is 16.3. The molecule has 0 aromatic rings. The third kappa shape index (κ3) is 3.74. The maximum Gasteiger partial charge on any atom is 0.159 e. The van der Waals surface area contributed by atoms with E-state index in [9.17, 15) is 0 Å². The van der Waals surface area contributed by atoms with E-state index >= 15 is 0 Å². The van der Waals surface area contributed by atoms with Crippen LogP contribution in [0.3, 0.4) is 0 Å². The smallest absolute Gasteiger partial charge is 0.159 e. The van der Waals surface area contributed by atoms with Crippen LogP contribution in [0.4, 0.5) is 0 Å². The molecule has 0 N–H and O–H groups in total. The van der Waals surface area contributed by atoms with E-state index in [0.29, 0.717) is 0 Å². The van der Waals surface area contributed by atoms with Crippen LogP contribution in [-0.2, 0) is 4.43 Å². The van der Waals surface area contributed by atoms with Gasteiger partial charge in [0.25, 0.3) is 0 Å². The van der Waals surface area contributed by atoms with Crippen LogP contribution in [0.5, 0.6) is 0 Å². The predicted octanol–water partition coefficient (Wildman–Crippen LogP) is 5.72. The third-order valence-electron chi connectivity index (χ3n) is 4.80. The van der Waals surface area contributed by atoms with Gasteiger partial charge in [-0.25, -0.2) is 0 Å². The maximum absolute atomic E-state index is 7.18. The van der Waals surface area contributed by atoms with Crippen molar-refractivity contribution in [2.24, 2.45) is 5.41 Å². The van der Waals surface area contributed by atoms with Crippen molar-refractivity contribution in [3.63, 3.8) is 0 Å². The molecular formula is C16H37OSi4. The first-order valence-electron chi connectivity index (χ1n) is 8.28. The SMILES string of the molecule is CC1(C)C=C[C](O[Si]([Si](C)(C)C)([Si](C)(C)C)[Si](C)(C)C)C1. The van der Waals surface area contributed by atoms with E-state index in [1.807, 2.05) is 0 Å². The summed E-state index contributed by atoms with van der Waals surface area (Å²) in [4.78, 5) is 0. The molecule has 0 heterocycles. The molecule has 0 amide bonds. The summed E-state index contributed by atoms with van der Waals surface area (Å²) in [6.07, 6.45) is 7.04. The topological polar surface area (TPSA) is 9.23 Å². The highest BCUT2D eigenvalue weighted by Gasteiger charge is 2.64. The lowest BCUT2D eigenvalue weighted by Gasteiger charge is -2.57. The Morgan fingerprint density at radius 1 is 0.810 bits per heavy atom. The first-order chi connectivity index (χ1) is 9.04. The van der Waals surface area contributed by atoms with Crippen molar-refractivity contribution in [1.29, 1.82) is 0 Å². The Morgan fingerprint density at radius 2 is 1.19 bits per heavy atom. The van der Waals surface area contributed by atoms with Gasteiger partial charge in [-0.1, -0.05) is 84.9 Å². The van der Waals surface area contributed by atoms with Gasteiger partial charge in [0.05, 0.1) is 22.8 Å². The minimum absolute atomic E-state index is 0.286. The van der Waals surface area contributed by atoms with Crippen LogP contribution >= 0.6 is 0 Å². The van der Waals surface area contributed by atoms with Gasteiger partial charge in [-0.2, -0.15) is 0 Å². The van der Waals surface area contributed by atoms with E-state index in [4.69, 9.17) is 4.43 Å². The molecule has 1 rings (SSSR count). The second-order valence-corrected chi connectivity index (χ2v) is 49.9. The minimum atomic E-state index is -1.70. The van der Waals surface area contributed by atoms with Crippen LogP contribution in [0.1, 0.15) is 20.3 Å². The predicted molar refractivity (Wildman–Crippen MR) is 108 cm³/mol. The molecule has 123 valence electrons. The molecule has 1 aliphatic carbocycles. The van der Waals surface area contributed by atoms with Crippen LogP contribution in [0.25, 0.3) is 0 Å². The molecule has 1 radical (unpaired) electrons. The Morgan fingerprint density at radius 3 is 1.43 bits per heavy atom. The fourth-order valence-electron chi connectivity index (χ4n) is 4.99. The van der Waals surface area contributed by atoms with Crippen molar-refractivity contribution < 1.29 is 4.43 Å². The second-order valence-electron chi connectivity index (χ2n) is 10.5. The molecule has 0 spiro atoms. The van der Waals surface area contributed by atoms with E-state index < -0.39 is 29.6 Å². The van der Waals surface area contributed by atoms with E-state index in [-0.39, 0.29) is 5.41 Å². The maximum atomic E-state index is 7.18. The molecule has 5 heteroatoms. The summed E-state index contributed by atoms with van der Waals surface area (Å²) < 4.78 is 7.18. The zero-order valence-corrected chi connectivity index (χ0v) is 20.3. The molecular weight excluding hydrogens is 321 g/mol. The van der Waals surface area contributed by atoms with Gasteiger partial charge in [-0.15, -0.1) is 0 Å². The van der Waals surface area contributed by atoms with Crippen molar-refractivity contribution in [3.05, 3.63) is 18.3 Å². The van der Waals surface area contributed by atoms with Gasteiger partial charge in [0.15, 0.2) is 6.87 Å². The molecule has 1 aliphatic rings. The highest BCUT2D eigenvalue weighted by molar-refractivity contribution is 7.87. The van der Waals surface area contributed by atoms with Crippen molar-refractivity contribution in [1.82, 2.24) is 0 Å². The van der Waals surface area contributed by atoms with Gasteiger partial charge < -0.3 is 4.43 Å². The Bertz CT molecular complexity index is 371. The van der Waals surface area contributed by atoms with Gasteiger partial charge in [0, 0.05) is 0 Å². The van der Waals surface area contributed by atoms with Crippen molar-refractivity contribution in [2.75, 3.05) is 0 Å². The average Bonchev–Trinajstić information content (AvgIpc) is 2.48. The Kier molecular flexibility index (Phi) is 5.21. The lowest BCUT2D eigenvalue weighted by molar-refractivity contribution is 0.316. The molecule has 0 aromatic carbocycles. The molecule has 21 heavy (non-hydrogen) atoms. The van der Waals surface area contributed by atoms with E-state index in [1.54, 1.807) is 0 Å². The molecule has 1 nitrogen and oxygen atoms in total. The fraction of sp³-hybridized carbons (Fsp3) is 0.812. The molecule has 0 aromatic heterocycles. The minimum Gasteiger partial charge on any atom is -0.414 e. The molecule has 0 aliphatic heterocycles. The average molecular weight is 358 g/mol. The highest BCUT2D eigenvalue weighted by Crippen LogP contribution is 2.44.